The molecule has 2 N–H and O–H groups in total. The minimum absolute atomic E-state index is 0.125. The van der Waals surface area contributed by atoms with Gasteiger partial charge >= 0.3 is 5.97 Å². The van der Waals surface area contributed by atoms with Crippen LogP contribution in [-0.4, -0.2) is 16.2 Å². The summed E-state index contributed by atoms with van der Waals surface area (Å²) in [6.07, 6.45) is 1.60. The largest absolute Gasteiger partial charge is 0.508 e. The van der Waals surface area contributed by atoms with Crippen LogP contribution in [0.25, 0.3) is 0 Å². The summed E-state index contributed by atoms with van der Waals surface area (Å²) in [5.41, 5.74) is 2.11. The molecule has 3 rings (SSSR count). The number of carboxylic acids is 1. The molecule has 0 aliphatic heterocycles. The van der Waals surface area contributed by atoms with Crippen molar-refractivity contribution in [3.8, 4) is 5.75 Å². The van der Waals surface area contributed by atoms with Gasteiger partial charge in [0.1, 0.15) is 5.75 Å². The van der Waals surface area contributed by atoms with Crippen LogP contribution in [0.4, 0.5) is 0 Å². The number of carbonyl (C=O) groups is 1. The van der Waals surface area contributed by atoms with Crippen molar-refractivity contribution in [2.75, 3.05) is 0 Å². The molecule has 2 aliphatic rings. The molecule has 0 heterocycles. The van der Waals surface area contributed by atoms with Crippen LogP contribution in [-0.2, 0) is 16.6 Å². The lowest BCUT2D eigenvalue weighted by molar-refractivity contribution is -0.139. The highest BCUT2D eigenvalue weighted by molar-refractivity contribution is 5.79. The number of hydrogen-bond donors (Lipinski definition) is 2. The third kappa shape index (κ3) is 0.750. The highest BCUT2D eigenvalue weighted by Crippen LogP contribution is 2.63. The lowest BCUT2D eigenvalue weighted by Gasteiger charge is -2.31. The van der Waals surface area contributed by atoms with E-state index in [9.17, 15) is 9.90 Å². The van der Waals surface area contributed by atoms with Crippen molar-refractivity contribution in [1.29, 1.82) is 0 Å². The molecule has 0 aromatic heterocycles. The molecule has 0 unspecified atom stereocenters. The topological polar surface area (TPSA) is 57.5 Å². The van der Waals surface area contributed by atoms with Gasteiger partial charge in [0, 0.05) is 5.41 Å². The Labute approximate surface area is 81.0 Å². The Hall–Kier alpha value is -1.51. The van der Waals surface area contributed by atoms with Gasteiger partial charge in [0.15, 0.2) is 0 Å². The van der Waals surface area contributed by atoms with E-state index in [-0.39, 0.29) is 17.1 Å². The lowest BCUT2D eigenvalue weighted by Crippen LogP contribution is -2.28. The highest BCUT2D eigenvalue weighted by atomic mass is 16.4. The molecule has 1 spiro atoms. The van der Waals surface area contributed by atoms with Gasteiger partial charge in [0.25, 0.3) is 0 Å². The SMILES string of the molecule is O=C(O)[C@H]1C[C@]12Cc1ccc(O)cc12. The van der Waals surface area contributed by atoms with E-state index < -0.39 is 5.97 Å². The van der Waals surface area contributed by atoms with Gasteiger partial charge in [-0.1, -0.05) is 6.07 Å². The van der Waals surface area contributed by atoms with Crippen LogP contribution in [0, 0.1) is 5.92 Å². The zero-order valence-electron chi connectivity index (χ0n) is 7.53. The van der Waals surface area contributed by atoms with Gasteiger partial charge in [0.2, 0.25) is 0 Å². The van der Waals surface area contributed by atoms with E-state index in [0.29, 0.717) is 0 Å². The van der Waals surface area contributed by atoms with Gasteiger partial charge in [-0.2, -0.15) is 0 Å². The van der Waals surface area contributed by atoms with Crippen LogP contribution < -0.4 is 0 Å². The van der Waals surface area contributed by atoms with Crippen LogP contribution in [0.1, 0.15) is 17.5 Å². The second-order valence-electron chi connectivity index (χ2n) is 4.27. The van der Waals surface area contributed by atoms with E-state index in [2.05, 4.69) is 0 Å². The van der Waals surface area contributed by atoms with E-state index in [4.69, 9.17) is 5.11 Å². The van der Waals surface area contributed by atoms with Crippen LogP contribution >= 0.6 is 0 Å². The fourth-order valence-electron chi connectivity index (χ4n) is 2.63. The highest BCUT2D eigenvalue weighted by Gasteiger charge is 2.64. The van der Waals surface area contributed by atoms with Gasteiger partial charge in [-0.15, -0.1) is 0 Å². The number of aliphatic carboxylic acids is 1. The van der Waals surface area contributed by atoms with Crippen LogP contribution in [0.5, 0.6) is 5.75 Å². The molecular formula is C11H10O3. The minimum atomic E-state index is -0.709. The second kappa shape index (κ2) is 2.11. The molecule has 1 aromatic carbocycles. The van der Waals surface area contributed by atoms with E-state index in [1.807, 2.05) is 6.07 Å². The first-order valence-corrected chi connectivity index (χ1v) is 4.69. The molecule has 2 aliphatic carbocycles. The van der Waals surface area contributed by atoms with Gasteiger partial charge in [-0.3, -0.25) is 4.79 Å². The van der Waals surface area contributed by atoms with Crippen molar-refractivity contribution in [3.63, 3.8) is 0 Å². The molecule has 0 bridgehead atoms. The first-order valence-electron chi connectivity index (χ1n) is 4.69. The van der Waals surface area contributed by atoms with Crippen molar-refractivity contribution < 1.29 is 15.0 Å². The van der Waals surface area contributed by atoms with Gasteiger partial charge in [-0.25, -0.2) is 0 Å². The van der Waals surface area contributed by atoms with Crippen molar-refractivity contribution in [1.82, 2.24) is 0 Å². The van der Waals surface area contributed by atoms with Crippen LogP contribution in [0.15, 0.2) is 18.2 Å². The number of hydrogen-bond acceptors (Lipinski definition) is 2. The average molecular weight is 190 g/mol. The Morgan fingerprint density at radius 1 is 1.50 bits per heavy atom. The monoisotopic (exact) mass is 190 g/mol. The summed E-state index contributed by atoms with van der Waals surface area (Å²) in [5, 5.41) is 18.2. The van der Waals surface area contributed by atoms with Crippen molar-refractivity contribution >= 4 is 5.97 Å². The Morgan fingerprint density at radius 3 is 2.93 bits per heavy atom. The number of rotatable bonds is 1. The Balaban J connectivity index is 2.00. The maximum Gasteiger partial charge on any atom is 0.307 e. The van der Waals surface area contributed by atoms with E-state index in [1.54, 1.807) is 12.1 Å². The first kappa shape index (κ1) is 7.85. The molecule has 14 heavy (non-hydrogen) atoms. The quantitative estimate of drug-likeness (QED) is 0.701. The normalized spacial score (nSPS) is 32.1. The third-order valence-corrected chi connectivity index (χ3v) is 3.51. The molecule has 0 radical (unpaired) electrons. The van der Waals surface area contributed by atoms with Gasteiger partial charge < -0.3 is 10.2 Å². The maximum absolute atomic E-state index is 10.8. The molecule has 1 fully saturated rings. The lowest BCUT2D eigenvalue weighted by atomic mass is 9.73. The summed E-state index contributed by atoms with van der Waals surface area (Å²) < 4.78 is 0. The smallest absolute Gasteiger partial charge is 0.307 e. The van der Waals surface area contributed by atoms with Gasteiger partial charge in [0.05, 0.1) is 5.92 Å². The summed E-state index contributed by atoms with van der Waals surface area (Å²) in [4.78, 5) is 10.8. The molecule has 2 atom stereocenters. The van der Waals surface area contributed by atoms with Gasteiger partial charge in [-0.05, 0) is 36.1 Å². The molecule has 1 saturated carbocycles. The van der Waals surface area contributed by atoms with Crippen LogP contribution in [0.3, 0.4) is 0 Å². The standard InChI is InChI=1S/C11H10O3/c12-7-2-1-6-4-11(8(6)3-7)5-9(11)10(13)14/h1-3,9,12H,4-5H2,(H,13,14)/t9-,11+/m1/s1. The zero-order chi connectivity index (χ0) is 9.92. The fraction of sp³-hybridized carbons (Fsp3) is 0.364. The van der Waals surface area contributed by atoms with Crippen molar-refractivity contribution in [3.05, 3.63) is 29.3 Å². The number of fused-ring (bicyclic) bond motifs is 2. The number of carboxylic acid groups (broad SMARTS) is 1. The fourth-order valence-corrected chi connectivity index (χ4v) is 2.63. The summed E-state index contributed by atoms with van der Waals surface area (Å²) in [7, 11) is 0. The molecule has 3 heteroatoms. The second-order valence-corrected chi connectivity index (χ2v) is 4.27. The molecule has 1 aromatic rings. The minimum Gasteiger partial charge on any atom is -0.508 e. The van der Waals surface area contributed by atoms with Crippen molar-refractivity contribution in [2.24, 2.45) is 5.92 Å². The van der Waals surface area contributed by atoms with E-state index >= 15 is 0 Å². The third-order valence-electron chi connectivity index (χ3n) is 3.51. The summed E-state index contributed by atoms with van der Waals surface area (Å²) in [6, 6.07) is 5.25. The number of phenols is 1. The maximum atomic E-state index is 10.8. The first-order chi connectivity index (χ1) is 6.63. The Morgan fingerprint density at radius 2 is 2.29 bits per heavy atom. The average Bonchev–Trinajstić information content (AvgIpc) is 2.85. The molecule has 72 valence electrons. The molecule has 0 amide bonds. The zero-order valence-corrected chi connectivity index (χ0v) is 7.53. The van der Waals surface area contributed by atoms with E-state index in [0.717, 1.165) is 18.4 Å². The summed E-state index contributed by atoms with van der Waals surface area (Å²) in [5.74, 6) is -0.699. The van der Waals surface area contributed by atoms with Crippen LogP contribution in [0.2, 0.25) is 0 Å². The Bertz CT molecular complexity index is 438. The summed E-state index contributed by atoms with van der Waals surface area (Å²) in [6.45, 7) is 0. The van der Waals surface area contributed by atoms with E-state index in [1.165, 1.54) is 5.56 Å². The predicted octanol–water partition coefficient (Wildman–Crippen LogP) is 1.29. The number of aromatic hydroxyl groups is 1. The summed E-state index contributed by atoms with van der Waals surface area (Å²) >= 11 is 0. The number of phenolic OH excluding ortho intramolecular Hbond substituents is 1. The molecular weight excluding hydrogens is 180 g/mol. The Kier molecular flexibility index (Phi) is 1.18. The molecule has 0 saturated heterocycles. The predicted molar refractivity (Wildman–Crippen MR) is 49.2 cm³/mol. The molecule has 3 nitrogen and oxygen atoms in total. The number of benzene rings is 1. The van der Waals surface area contributed by atoms with Crippen molar-refractivity contribution in [2.45, 2.75) is 18.3 Å².